The van der Waals surface area contributed by atoms with Crippen LogP contribution in [0.3, 0.4) is 0 Å². The summed E-state index contributed by atoms with van der Waals surface area (Å²) < 4.78 is 29.7. The third kappa shape index (κ3) is 7.42. The maximum Gasteiger partial charge on any atom is 0.338 e. The number of rotatable bonds is 11. The number of aliphatic hydroxyl groups is 1. The molecule has 2 aromatic carbocycles. The van der Waals surface area contributed by atoms with Gasteiger partial charge in [0.15, 0.2) is 5.79 Å². The second kappa shape index (κ2) is 12.7. The highest BCUT2D eigenvalue weighted by molar-refractivity contribution is 5.89. The molecular weight excluding hydrogens is 472 g/mol. The van der Waals surface area contributed by atoms with Crippen LogP contribution >= 0.6 is 0 Å². The lowest BCUT2D eigenvalue weighted by atomic mass is 10.0. The zero-order valence-corrected chi connectivity index (χ0v) is 21.9. The molecule has 5 atom stereocenters. The number of aliphatic hydroxyl groups excluding tert-OH is 1. The topological polar surface area (TPSA) is 83.5 Å². The largest absolute Gasteiger partial charge is 0.497 e. The van der Waals surface area contributed by atoms with Crippen LogP contribution in [0.4, 0.5) is 0 Å². The summed E-state index contributed by atoms with van der Waals surface area (Å²) in [7, 11) is 1.65. The SMILES string of the molecule is COc1ccc(CO[C@H]2CCC[C@@H]2/C=C\C(OC(=O)c2ccccc2)C2OC(C)(C)OC2CCO)cc1. The van der Waals surface area contributed by atoms with Crippen molar-refractivity contribution in [2.75, 3.05) is 13.7 Å². The zero-order valence-electron chi connectivity index (χ0n) is 21.9. The van der Waals surface area contributed by atoms with Crippen molar-refractivity contribution in [1.29, 1.82) is 0 Å². The fourth-order valence-electron chi connectivity index (χ4n) is 5.03. The molecule has 0 spiro atoms. The van der Waals surface area contributed by atoms with Crippen molar-refractivity contribution in [2.45, 2.75) is 76.3 Å². The molecule has 1 heterocycles. The van der Waals surface area contributed by atoms with Gasteiger partial charge in [0.05, 0.1) is 31.5 Å². The Morgan fingerprint density at radius 2 is 1.86 bits per heavy atom. The van der Waals surface area contributed by atoms with E-state index in [9.17, 15) is 9.90 Å². The summed E-state index contributed by atoms with van der Waals surface area (Å²) in [4.78, 5) is 13.0. The molecule has 2 aliphatic rings. The Balaban J connectivity index is 1.47. The fraction of sp³-hybridized carbons (Fsp3) is 0.500. The molecule has 1 aliphatic carbocycles. The van der Waals surface area contributed by atoms with Gasteiger partial charge in [-0.1, -0.05) is 42.8 Å². The van der Waals surface area contributed by atoms with E-state index >= 15 is 0 Å². The van der Waals surface area contributed by atoms with E-state index < -0.39 is 30.1 Å². The molecule has 0 amide bonds. The van der Waals surface area contributed by atoms with Crippen LogP contribution in [-0.2, 0) is 25.6 Å². The van der Waals surface area contributed by atoms with Gasteiger partial charge < -0.3 is 28.8 Å². The minimum atomic E-state index is -0.840. The van der Waals surface area contributed by atoms with Crippen LogP contribution in [0.25, 0.3) is 0 Å². The van der Waals surface area contributed by atoms with E-state index in [4.69, 9.17) is 23.7 Å². The second-order valence-corrected chi connectivity index (χ2v) is 10.1. The molecule has 37 heavy (non-hydrogen) atoms. The lowest BCUT2D eigenvalue weighted by Crippen LogP contribution is -2.38. The Hall–Kier alpha value is -2.71. The predicted molar refractivity (Wildman–Crippen MR) is 139 cm³/mol. The van der Waals surface area contributed by atoms with Crippen molar-refractivity contribution >= 4 is 5.97 Å². The predicted octanol–water partition coefficient (Wildman–Crippen LogP) is 5.06. The van der Waals surface area contributed by atoms with E-state index in [1.807, 2.05) is 50.3 Å². The highest BCUT2D eigenvalue weighted by Crippen LogP contribution is 2.35. The number of hydrogen-bond acceptors (Lipinski definition) is 7. The summed E-state index contributed by atoms with van der Waals surface area (Å²) in [6.07, 6.45) is 5.91. The van der Waals surface area contributed by atoms with Gasteiger partial charge in [-0.2, -0.15) is 0 Å². The molecule has 0 bridgehead atoms. The number of methoxy groups -OCH3 is 1. The van der Waals surface area contributed by atoms with Gasteiger partial charge in [0, 0.05) is 12.5 Å². The van der Waals surface area contributed by atoms with Crippen molar-refractivity contribution in [3.05, 3.63) is 77.9 Å². The summed E-state index contributed by atoms with van der Waals surface area (Å²) in [5, 5.41) is 9.59. The molecule has 7 nitrogen and oxygen atoms in total. The lowest BCUT2D eigenvalue weighted by molar-refractivity contribution is -0.153. The highest BCUT2D eigenvalue weighted by atomic mass is 16.8. The van der Waals surface area contributed by atoms with Gasteiger partial charge in [-0.3, -0.25) is 0 Å². The molecular formula is C30H38O7. The third-order valence-corrected chi connectivity index (χ3v) is 6.89. The van der Waals surface area contributed by atoms with Gasteiger partial charge in [0.1, 0.15) is 18.0 Å². The van der Waals surface area contributed by atoms with Crippen molar-refractivity contribution < 1.29 is 33.6 Å². The first-order chi connectivity index (χ1) is 17.9. The van der Waals surface area contributed by atoms with E-state index in [0.29, 0.717) is 18.6 Å². The molecule has 0 aromatic heterocycles. The van der Waals surface area contributed by atoms with Crippen molar-refractivity contribution in [3.63, 3.8) is 0 Å². The molecule has 1 saturated heterocycles. The highest BCUT2D eigenvalue weighted by Gasteiger charge is 2.45. The first-order valence-corrected chi connectivity index (χ1v) is 13.0. The molecule has 1 aliphatic heterocycles. The van der Waals surface area contributed by atoms with Crippen LogP contribution in [0.5, 0.6) is 5.75 Å². The van der Waals surface area contributed by atoms with Crippen molar-refractivity contribution in [3.8, 4) is 5.75 Å². The number of carbonyl (C=O) groups excluding carboxylic acids is 1. The second-order valence-electron chi connectivity index (χ2n) is 10.1. The quantitative estimate of drug-likeness (QED) is 0.334. The Morgan fingerprint density at radius 3 is 2.57 bits per heavy atom. The van der Waals surface area contributed by atoms with Crippen LogP contribution in [0.1, 0.15) is 55.5 Å². The Kier molecular flexibility index (Phi) is 9.38. The molecule has 2 aromatic rings. The van der Waals surface area contributed by atoms with Gasteiger partial charge in [0.2, 0.25) is 0 Å². The average Bonchev–Trinajstić information content (AvgIpc) is 3.48. The smallest absolute Gasteiger partial charge is 0.338 e. The average molecular weight is 511 g/mol. The standard InChI is InChI=1S/C30H38O7/c1-30(2)36-27(18-19-31)28(37-30)26(35-29(32)23-8-5-4-6-9-23)17-14-22-10-7-11-25(22)34-20-21-12-15-24(33-3)16-13-21/h4-6,8-9,12-17,22,25-28,31H,7,10-11,18-20H2,1-3H3/b17-14-/t22-,25+,26?,27?,28?/m1/s1. The molecule has 3 unspecified atom stereocenters. The fourth-order valence-corrected chi connectivity index (χ4v) is 5.03. The summed E-state index contributed by atoms with van der Waals surface area (Å²) >= 11 is 0. The van der Waals surface area contributed by atoms with E-state index in [0.717, 1.165) is 30.6 Å². The zero-order chi connectivity index (χ0) is 26.3. The first kappa shape index (κ1) is 27.3. The molecule has 4 rings (SSSR count). The minimum Gasteiger partial charge on any atom is -0.497 e. The normalized spacial score (nSPS) is 25.8. The van der Waals surface area contributed by atoms with Crippen LogP contribution in [0.15, 0.2) is 66.7 Å². The number of hydrogen-bond donors (Lipinski definition) is 1. The molecule has 200 valence electrons. The van der Waals surface area contributed by atoms with Crippen LogP contribution < -0.4 is 4.74 Å². The van der Waals surface area contributed by atoms with Gasteiger partial charge in [0.25, 0.3) is 0 Å². The van der Waals surface area contributed by atoms with E-state index in [1.54, 1.807) is 31.4 Å². The van der Waals surface area contributed by atoms with Crippen molar-refractivity contribution in [2.24, 2.45) is 5.92 Å². The monoisotopic (exact) mass is 510 g/mol. The number of benzene rings is 2. The van der Waals surface area contributed by atoms with Gasteiger partial charge in [-0.05, 0) is 69.0 Å². The minimum absolute atomic E-state index is 0.0480. The maximum atomic E-state index is 13.0. The maximum absolute atomic E-state index is 13.0. The third-order valence-electron chi connectivity index (χ3n) is 6.89. The van der Waals surface area contributed by atoms with Crippen LogP contribution in [0.2, 0.25) is 0 Å². The van der Waals surface area contributed by atoms with E-state index in [2.05, 4.69) is 6.08 Å². The van der Waals surface area contributed by atoms with E-state index in [-0.39, 0.29) is 18.6 Å². The van der Waals surface area contributed by atoms with Gasteiger partial charge in [-0.15, -0.1) is 0 Å². The summed E-state index contributed by atoms with van der Waals surface area (Å²) in [6.45, 7) is 4.14. The number of ether oxygens (including phenoxy) is 5. The summed E-state index contributed by atoms with van der Waals surface area (Å²) in [5.74, 6) is -0.247. The van der Waals surface area contributed by atoms with Gasteiger partial charge in [-0.25, -0.2) is 4.79 Å². The van der Waals surface area contributed by atoms with Crippen molar-refractivity contribution in [1.82, 2.24) is 0 Å². The van der Waals surface area contributed by atoms with E-state index in [1.165, 1.54) is 0 Å². The number of esters is 1. The summed E-state index contributed by atoms with van der Waals surface area (Å²) in [5.41, 5.74) is 1.56. The molecule has 7 heteroatoms. The molecule has 1 saturated carbocycles. The molecule has 0 radical (unpaired) electrons. The molecule has 2 fully saturated rings. The first-order valence-electron chi connectivity index (χ1n) is 13.0. The van der Waals surface area contributed by atoms with Crippen LogP contribution in [0, 0.1) is 5.92 Å². The molecule has 1 N–H and O–H groups in total. The Labute approximate surface area is 219 Å². The lowest BCUT2D eigenvalue weighted by Gasteiger charge is -2.25. The summed E-state index contributed by atoms with van der Waals surface area (Å²) in [6, 6.07) is 16.8. The van der Waals surface area contributed by atoms with Crippen LogP contribution in [-0.4, -0.2) is 55.0 Å². The van der Waals surface area contributed by atoms with Gasteiger partial charge >= 0.3 is 5.97 Å². The number of carbonyl (C=O) groups is 1. The Bertz CT molecular complexity index is 1020. The Morgan fingerprint density at radius 1 is 1.11 bits per heavy atom.